The minimum absolute atomic E-state index is 0.251. The van der Waals surface area contributed by atoms with Gasteiger partial charge in [-0.15, -0.1) is 0 Å². The average Bonchev–Trinajstić information content (AvgIpc) is 2.83. The molecule has 0 saturated heterocycles. The maximum absolute atomic E-state index is 11.9. The monoisotopic (exact) mass is 323 g/mol. The number of amides is 1. The fourth-order valence-electron chi connectivity index (χ4n) is 1.67. The van der Waals surface area contributed by atoms with E-state index in [0.29, 0.717) is 11.2 Å². The molecule has 1 amide bonds. The molecule has 100 valence electrons. The van der Waals surface area contributed by atoms with Crippen molar-refractivity contribution in [1.82, 2.24) is 10.3 Å². The third-order valence-electron chi connectivity index (χ3n) is 2.53. The molecule has 0 radical (unpaired) electrons. The Morgan fingerprint density at radius 1 is 1.42 bits per heavy atom. The Labute approximate surface area is 119 Å². The summed E-state index contributed by atoms with van der Waals surface area (Å²) in [4.78, 5) is 18.0. The second-order valence-corrected chi connectivity index (χ2v) is 4.95. The van der Waals surface area contributed by atoms with Crippen LogP contribution >= 0.6 is 15.9 Å². The second-order valence-electron chi connectivity index (χ2n) is 4.17. The number of rotatable bonds is 4. The van der Waals surface area contributed by atoms with E-state index in [1.807, 2.05) is 31.1 Å². The van der Waals surface area contributed by atoms with Crippen LogP contribution in [0.4, 0.5) is 5.82 Å². The van der Waals surface area contributed by atoms with Crippen molar-refractivity contribution in [3.63, 3.8) is 0 Å². The predicted octanol–water partition coefficient (Wildman–Crippen LogP) is 2.43. The van der Waals surface area contributed by atoms with Crippen molar-refractivity contribution in [2.45, 2.75) is 6.54 Å². The molecule has 2 heterocycles. The first-order valence-corrected chi connectivity index (χ1v) is 6.52. The average molecular weight is 324 g/mol. The van der Waals surface area contributed by atoms with Crippen LogP contribution < -0.4 is 10.2 Å². The number of anilines is 1. The Balaban J connectivity index is 2.05. The second kappa shape index (κ2) is 5.88. The lowest BCUT2D eigenvalue weighted by Gasteiger charge is -2.15. The number of aromatic nitrogens is 1. The highest BCUT2D eigenvalue weighted by molar-refractivity contribution is 9.10. The van der Waals surface area contributed by atoms with Crippen LogP contribution in [0.25, 0.3) is 0 Å². The van der Waals surface area contributed by atoms with Gasteiger partial charge in [0.25, 0.3) is 5.91 Å². The molecule has 0 fully saturated rings. The van der Waals surface area contributed by atoms with E-state index in [0.717, 1.165) is 11.4 Å². The predicted molar refractivity (Wildman–Crippen MR) is 76.1 cm³/mol. The van der Waals surface area contributed by atoms with Crippen molar-refractivity contribution in [2.75, 3.05) is 19.0 Å². The molecule has 0 atom stereocenters. The summed E-state index contributed by atoms with van der Waals surface area (Å²) in [6.45, 7) is 0.401. The number of furan rings is 1. The molecule has 5 nitrogen and oxygen atoms in total. The van der Waals surface area contributed by atoms with Gasteiger partial charge in [-0.25, -0.2) is 4.98 Å². The first-order valence-electron chi connectivity index (χ1n) is 5.72. The van der Waals surface area contributed by atoms with Crippen LogP contribution in [0.15, 0.2) is 39.5 Å². The molecule has 2 rings (SSSR count). The van der Waals surface area contributed by atoms with E-state index in [9.17, 15) is 4.79 Å². The maximum atomic E-state index is 11.9. The fourth-order valence-corrected chi connectivity index (χ4v) is 1.98. The van der Waals surface area contributed by atoms with Crippen molar-refractivity contribution < 1.29 is 9.21 Å². The molecule has 0 aliphatic heterocycles. The molecule has 2 aromatic heterocycles. The first kappa shape index (κ1) is 13.6. The van der Waals surface area contributed by atoms with Gasteiger partial charge in [0.05, 0.1) is 0 Å². The maximum Gasteiger partial charge on any atom is 0.287 e. The van der Waals surface area contributed by atoms with Gasteiger partial charge < -0.3 is 14.6 Å². The standard InChI is InChI=1S/C13H14BrN3O2/c1-17(2)12-9(4-3-7-15-12)8-16-13(18)10-5-6-11(14)19-10/h3-7H,8H2,1-2H3,(H,16,18). The van der Waals surface area contributed by atoms with Gasteiger partial charge in [-0.3, -0.25) is 4.79 Å². The SMILES string of the molecule is CN(C)c1ncccc1CNC(=O)c1ccc(Br)o1. The summed E-state index contributed by atoms with van der Waals surface area (Å²) in [7, 11) is 3.83. The summed E-state index contributed by atoms with van der Waals surface area (Å²) >= 11 is 3.16. The van der Waals surface area contributed by atoms with E-state index >= 15 is 0 Å². The van der Waals surface area contributed by atoms with Crippen molar-refractivity contribution >= 4 is 27.7 Å². The molecule has 0 saturated carbocycles. The number of nitrogens with zero attached hydrogens (tertiary/aromatic N) is 2. The van der Waals surface area contributed by atoms with E-state index in [2.05, 4.69) is 26.2 Å². The first-order chi connectivity index (χ1) is 9.08. The summed E-state index contributed by atoms with van der Waals surface area (Å²) in [6, 6.07) is 7.08. The minimum Gasteiger partial charge on any atom is -0.444 e. The van der Waals surface area contributed by atoms with E-state index in [-0.39, 0.29) is 11.7 Å². The van der Waals surface area contributed by atoms with Crippen LogP contribution in [0.5, 0.6) is 0 Å². The third-order valence-corrected chi connectivity index (χ3v) is 2.95. The van der Waals surface area contributed by atoms with Crippen LogP contribution in [-0.4, -0.2) is 25.0 Å². The van der Waals surface area contributed by atoms with E-state index in [1.165, 1.54) is 0 Å². The Morgan fingerprint density at radius 3 is 2.84 bits per heavy atom. The molecule has 2 aromatic rings. The number of hydrogen-bond acceptors (Lipinski definition) is 4. The van der Waals surface area contributed by atoms with Crippen LogP contribution in [-0.2, 0) is 6.54 Å². The topological polar surface area (TPSA) is 58.4 Å². The molecule has 0 unspecified atom stereocenters. The van der Waals surface area contributed by atoms with Crippen molar-refractivity contribution in [2.24, 2.45) is 0 Å². The lowest BCUT2D eigenvalue weighted by molar-refractivity contribution is 0.0922. The largest absolute Gasteiger partial charge is 0.444 e. The van der Waals surface area contributed by atoms with Gasteiger partial charge in [0.15, 0.2) is 10.4 Å². The van der Waals surface area contributed by atoms with Gasteiger partial charge in [0.2, 0.25) is 0 Å². The minimum atomic E-state index is -0.251. The number of carbonyl (C=O) groups is 1. The lowest BCUT2D eigenvalue weighted by Crippen LogP contribution is -2.24. The van der Waals surface area contributed by atoms with E-state index in [4.69, 9.17) is 4.42 Å². The van der Waals surface area contributed by atoms with Crippen molar-refractivity contribution in [3.05, 3.63) is 46.5 Å². The number of carbonyl (C=O) groups excluding carboxylic acids is 1. The number of pyridine rings is 1. The molecule has 1 N–H and O–H groups in total. The fraction of sp³-hybridized carbons (Fsp3) is 0.231. The molecular weight excluding hydrogens is 310 g/mol. The molecular formula is C13H14BrN3O2. The van der Waals surface area contributed by atoms with E-state index < -0.39 is 0 Å². The summed E-state index contributed by atoms with van der Waals surface area (Å²) in [6.07, 6.45) is 1.73. The highest BCUT2D eigenvalue weighted by Crippen LogP contribution is 2.16. The molecule has 0 aliphatic carbocycles. The van der Waals surface area contributed by atoms with Gasteiger partial charge in [0, 0.05) is 32.4 Å². The zero-order valence-electron chi connectivity index (χ0n) is 10.7. The van der Waals surface area contributed by atoms with Gasteiger partial charge >= 0.3 is 0 Å². The van der Waals surface area contributed by atoms with Crippen molar-refractivity contribution in [3.8, 4) is 0 Å². The molecule has 6 heteroatoms. The summed E-state index contributed by atoms with van der Waals surface area (Å²) in [5.41, 5.74) is 0.950. The van der Waals surface area contributed by atoms with Crippen molar-refractivity contribution in [1.29, 1.82) is 0 Å². The Bertz CT molecular complexity index is 581. The quantitative estimate of drug-likeness (QED) is 0.938. The van der Waals surface area contributed by atoms with Gasteiger partial charge in [-0.05, 0) is 34.1 Å². The van der Waals surface area contributed by atoms with Crippen LogP contribution in [0.1, 0.15) is 16.1 Å². The van der Waals surface area contributed by atoms with Gasteiger partial charge in [0.1, 0.15) is 5.82 Å². The smallest absolute Gasteiger partial charge is 0.287 e. The van der Waals surface area contributed by atoms with Crippen LogP contribution in [0.3, 0.4) is 0 Å². The molecule has 0 spiro atoms. The zero-order valence-corrected chi connectivity index (χ0v) is 12.3. The lowest BCUT2D eigenvalue weighted by atomic mass is 10.2. The van der Waals surface area contributed by atoms with Crippen LogP contribution in [0, 0.1) is 0 Å². The number of nitrogens with one attached hydrogen (secondary N) is 1. The normalized spacial score (nSPS) is 10.3. The highest BCUT2D eigenvalue weighted by Gasteiger charge is 2.11. The third kappa shape index (κ3) is 3.35. The molecule has 0 aliphatic rings. The van der Waals surface area contributed by atoms with Crippen LogP contribution in [0.2, 0.25) is 0 Å². The molecule has 0 aromatic carbocycles. The van der Waals surface area contributed by atoms with Gasteiger partial charge in [-0.1, -0.05) is 6.07 Å². The molecule has 19 heavy (non-hydrogen) atoms. The summed E-state index contributed by atoms with van der Waals surface area (Å²) < 4.78 is 5.73. The van der Waals surface area contributed by atoms with E-state index in [1.54, 1.807) is 18.3 Å². The number of hydrogen-bond donors (Lipinski definition) is 1. The Morgan fingerprint density at radius 2 is 2.21 bits per heavy atom. The van der Waals surface area contributed by atoms with Gasteiger partial charge in [-0.2, -0.15) is 0 Å². The Hall–Kier alpha value is -1.82. The zero-order chi connectivity index (χ0) is 13.8. The number of halogens is 1. The summed E-state index contributed by atoms with van der Waals surface area (Å²) in [5.74, 6) is 0.866. The highest BCUT2D eigenvalue weighted by atomic mass is 79.9. The molecule has 0 bridgehead atoms. The Kier molecular flexibility index (Phi) is 4.21. The summed E-state index contributed by atoms with van der Waals surface area (Å²) in [5, 5.41) is 2.80.